The molecular weight excluding hydrogens is 354 g/mol. The standard InChI is InChI=1S/C23H29NO4/c1-5-17-6-8-19(9-7-17)16-27-21-12-10-18(11-13-21)14-20(15-25)24-22(26)28-23(2,3)4/h5-13,20,25H,1,14-16H2,2-4H3,(H,24,26)/t20-/m0/s1. The van der Waals surface area contributed by atoms with Gasteiger partial charge in [0.15, 0.2) is 0 Å². The predicted octanol–water partition coefficient (Wildman–Crippen LogP) is 4.34. The van der Waals surface area contributed by atoms with E-state index in [-0.39, 0.29) is 6.61 Å². The third-order valence-electron chi connectivity index (χ3n) is 3.97. The molecule has 0 bridgehead atoms. The molecule has 0 heterocycles. The highest BCUT2D eigenvalue weighted by atomic mass is 16.6. The van der Waals surface area contributed by atoms with Gasteiger partial charge in [0.1, 0.15) is 18.0 Å². The minimum absolute atomic E-state index is 0.168. The number of hydrogen-bond acceptors (Lipinski definition) is 4. The molecule has 0 unspecified atom stereocenters. The monoisotopic (exact) mass is 383 g/mol. The van der Waals surface area contributed by atoms with Crippen LogP contribution in [0.3, 0.4) is 0 Å². The molecule has 0 aliphatic carbocycles. The van der Waals surface area contributed by atoms with E-state index in [0.717, 1.165) is 22.4 Å². The fourth-order valence-electron chi connectivity index (χ4n) is 2.56. The van der Waals surface area contributed by atoms with Gasteiger partial charge in [0.25, 0.3) is 0 Å². The summed E-state index contributed by atoms with van der Waals surface area (Å²) >= 11 is 0. The molecular formula is C23H29NO4. The summed E-state index contributed by atoms with van der Waals surface area (Å²) < 4.78 is 11.0. The molecule has 0 aliphatic rings. The van der Waals surface area contributed by atoms with Gasteiger partial charge < -0.3 is 19.9 Å². The molecule has 150 valence electrons. The summed E-state index contributed by atoms with van der Waals surface area (Å²) in [5.41, 5.74) is 2.57. The van der Waals surface area contributed by atoms with Crippen molar-refractivity contribution in [2.24, 2.45) is 0 Å². The summed E-state index contributed by atoms with van der Waals surface area (Å²) in [6, 6.07) is 15.2. The number of hydrogen-bond donors (Lipinski definition) is 2. The molecule has 5 nitrogen and oxygen atoms in total. The molecule has 2 aromatic carbocycles. The molecule has 0 radical (unpaired) electrons. The second-order valence-corrected chi connectivity index (χ2v) is 7.61. The number of nitrogens with one attached hydrogen (secondary N) is 1. The van der Waals surface area contributed by atoms with Crippen LogP contribution in [0.4, 0.5) is 4.79 Å². The van der Waals surface area contributed by atoms with Gasteiger partial charge >= 0.3 is 6.09 Å². The Labute approximate surface area is 167 Å². The van der Waals surface area contributed by atoms with Gasteiger partial charge in [-0.15, -0.1) is 0 Å². The number of amides is 1. The Morgan fingerprint density at radius 2 is 1.71 bits per heavy atom. The Hall–Kier alpha value is -2.79. The number of aliphatic hydroxyl groups is 1. The van der Waals surface area contributed by atoms with Crippen LogP contribution < -0.4 is 10.1 Å². The summed E-state index contributed by atoms with van der Waals surface area (Å²) in [7, 11) is 0. The topological polar surface area (TPSA) is 67.8 Å². The molecule has 0 aliphatic heterocycles. The Bertz CT molecular complexity index is 761. The zero-order chi connectivity index (χ0) is 20.6. The van der Waals surface area contributed by atoms with Gasteiger partial charge in [0.05, 0.1) is 12.6 Å². The van der Waals surface area contributed by atoms with Crippen LogP contribution in [-0.4, -0.2) is 29.4 Å². The number of carbonyl (C=O) groups excluding carboxylic acids is 1. The van der Waals surface area contributed by atoms with E-state index in [1.165, 1.54) is 0 Å². The SMILES string of the molecule is C=Cc1ccc(COc2ccc(C[C@@H](CO)NC(=O)OC(C)(C)C)cc2)cc1. The van der Waals surface area contributed by atoms with Crippen molar-refractivity contribution in [3.05, 3.63) is 71.8 Å². The van der Waals surface area contributed by atoms with E-state index in [9.17, 15) is 9.90 Å². The largest absolute Gasteiger partial charge is 0.489 e. The van der Waals surface area contributed by atoms with Gasteiger partial charge in [0, 0.05) is 0 Å². The van der Waals surface area contributed by atoms with Crippen molar-refractivity contribution in [1.29, 1.82) is 0 Å². The van der Waals surface area contributed by atoms with Gasteiger partial charge in [-0.05, 0) is 56.0 Å². The molecule has 1 amide bonds. The third kappa shape index (κ3) is 7.45. The van der Waals surface area contributed by atoms with Crippen molar-refractivity contribution in [1.82, 2.24) is 5.32 Å². The third-order valence-corrected chi connectivity index (χ3v) is 3.97. The molecule has 0 aromatic heterocycles. The van der Waals surface area contributed by atoms with Crippen LogP contribution in [-0.2, 0) is 17.8 Å². The first-order valence-corrected chi connectivity index (χ1v) is 9.32. The molecule has 0 spiro atoms. The number of benzene rings is 2. The number of carbonyl (C=O) groups is 1. The zero-order valence-corrected chi connectivity index (χ0v) is 16.8. The van der Waals surface area contributed by atoms with Crippen LogP contribution in [0.5, 0.6) is 5.75 Å². The van der Waals surface area contributed by atoms with Crippen LogP contribution >= 0.6 is 0 Å². The first-order chi connectivity index (χ1) is 13.3. The van der Waals surface area contributed by atoms with Gasteiger partial charge in [-0.3, -0.25) is 0 Å². The van der Waals surface area contributed by atoms with Gasteiger partial charge in [-0.1, -0.05) is 49.1 Å². The van der Waals surface area contributed by atoms with Crippen LogP contribution in [0.2, 0.25) is 0 Å². The highest BCUT2D eigenvalue weighted by Gasteiger charge is 2.19. The van der Waals surface area contributed by atoms with Gasteiger partial charge in [-0.25, -0.2) is 4.79 Å². The highest BCUT2D eigenvalue weighted by Crippen LogP contribution is 2.16. The average molecular weight is 383 g/mol. The van der Waals surface area contributed by atoms with Crippen molar-refractivity contribution in [3.8, 4) is 5.75 Å². The quantitative estimate of drug-likeness (QED) is 0.712. The van der Waals surface area contributed by atoms with Crippen molar-refractivity contribution in [3.63, 3.8) is 0 Å². The van der Waals surface area contributed by atoms with Gasteiger partial charge in [0.2, 0.25) is 0 Å². The normalized spacial score (nSPS) is 12.1. The lowest BCUT2D eigenvalue weighted by atomic mass is 10.1. The van der Waals surface area contributed by atoms with Crippen molar-refractivity contribution in [2.75, 3.05) is 6.61 Å². The fourth-order valence-corrected chi connectivity index (χ4v) is 2.56. The van der Waals surface area contributed by atoms with Crippen molar-refractivity contribution >= 4 is 12.2 Å². The summed E-state index contributed by atoms with van der Waals surface area (Å²) in [4.78, 5) is 11.9. The second-order valence-electron chi connectivity index (χ2n) is 7.61. The first-order valence-electron chi connectivity index (χ1n) is 9.32. The molecule has 28 heavy (non-hydrogen) atoms. The molecule has 0 fully saturated rings. The lowest BCUT2D eigenvalue weighted by Gasteiger charge is -2.22. The highest BCUT2D eigenvalue weighted by molar-refractivity contribution is 5.68. The number of aliphatic hydroxyl groups excluding tert-OH is 1. The van der Waals surface area contributed by atoms with Crippen LogP contribution in [0.15, 0.2) is 55.1 Å². The summed E-state index contributed by atoms with van der Waals surface area (Å²) in [5, 5.41) is 12.2. The number of rotatable bonds is 8. The van der Waals surface area contributed by atoms with E-state index < -0.39 is 17.7 Å². The van der Waals surface area contributed by atoms with E-state index in [1.54, 1.807) is 26.8 Å². The van der Waals surface area contributed by atoms with E-state index in [1.807, 2.05) is 48.5 Å². The maximum atomic E-state index is 11.9. The average Bonchev–Trinajstić information content (AvgIpc) is 2.65. The van der Waals surface area contributed by atoms with Crippen molar-refractivity contribution in [2.45, 2.75) is 45.4 Å². The van der Waals surface area contributed by atoms with E-state index >= 15 is 0 Å². The molecule has 2 N–H and O–H groups in total. The fraction of sp³-hybridized carbons (Fsp3) is 0.348. The lowest BCUT2D eigenvalue weighted by molar-refractivity contribution is 0.0483. The maximum Gasteiger partial charge on any atom is 0.407 e. The molecule has 2 rings (SSSR count). The number of ether oxygens (including phenoxy) is 2. The van der Waals surface area contributed by atoms with E-state index in [0.29, 0.717) is 13.0 Å². The lowest BCUT2D eigenvalue weighted by Crippen LogP contribution is -2.42. The van der Waals surface area contributed by atoms with Crippen LogP contribution in [0.25, 0.3) is 6.08 Å². The maximum absolute atomic E-state index is 11.9. The minimum Gasteiger partial charge on any atom is -0.489 e. The number of alkyl carbamates (subject to hydrolysis) is 1. The molecule has 0 saturated heterocycles. The smallest absolute Gasteiger partial charge is 0.407 e. The molecule has 1 atom stereocenters. The second kappa shape index (κ2) is 9.95. The first kappa shape index (κ1) is 21.5. The zero-order valence-electron chi connectivity index (χ0n) is 16.8. The van der Waals surface area contributed by atoms with E-state index in [4.69, 9.17) is 9.47 Å². The summed E-state index contributed by atoms with van der Waals surface area (Å²) in [6.45, 7) is 9.45. The van der Waals surface area contributed by atoms with Crippen molar-refractivity contribution < 1.29 is 19.4 Å². The summed E-state index contributed by atoms with van der Waals surface area (Å²) in [6.07, 6.45) is 1.77. The molecule has 2 aromatic rings. The predicted molar refractivity (Wildman–Crippen MR) is 111 cm³/mol. The van der Waals surface area contributed by atoms with E-state index in [2.05, 4.69) is 11.9 Å². The minimum atomic E-state index is -0.574. The molecule has 0 saturated carbocycles. The Morgan fingerprint density at radius 1 is 1.11 bits per heavy atom. The molecule has 5 heteroatoms. The Balaban J connectivity index is 1.86. The Morgan fingerprint density at radius 3 is 2.25 bits per heavy atom. The van der Waals surface area contributed by atoms with Crippen LogP contribution in [0, 0.1) is 0 Å². The van der Waals surface area contributed by atoms with Crippen LogP contribution in [0.1, 0.15) is 37.5 Å². The van der Waals surface area contributed by atoms with Gasteiger partial charge in [-0.2, -0.15) is 0 Å². The summed E-state index contributed by atoms with van der Waals surface area (Å²) in [5.74, 6) is 0.761. The Kier molecular flexibility index (Phi) is 7.64.